The summed E-state index contributed by atoms with van der Waals surface area (Å²) in [5.41, 5.74) is 1.60. The molecular weight excluding hydrogens is 871 g/mol. The molecule has 0 spiro atoms. The number of cyclic esters (lactones) is 1. The van der Waals surface area contributed by atoms with Crippen LogP contribution in [0.3, 0.4) is 0 Å². The number of carbonyl (C=O) groups excluding carboxylic acids is 4. The summed E-state index contributed by atoms with van der Waals surface area (Å²) in [6, 6.07) is 15.5. The predicted molar refractivity (Wildman–Crippen MR) is 255 cm³/mol. The minimum atomic E-state index is -2.52. The van der Waals surface area contributed by atoms with Crippen LogP contribution < -0.4 is 9.47 Å². The van der Waals surface area contributed by atoms with Crippen molar-refractivity contribution in [2.24, 2.45) is 29.6 Å². The molecule has 0 aromatic heterocycles. The number of ketones is 2. The Hall–Kier alpha value is -4.44. The lowest BCUT2D eigenvalue weighted by atomic mass is 9.81. The number of amides is 1. The number of hydrogen-bond acceptors (Lipinski definition) is 13. The molecule has 14 unspecified atom stereocenters. The van der Waals surface area contributed by atoms with Gasteiger partial charge in [0.15, 0.2) is 0 Å². The van der Waals surface area contributed by atoms with Crippen molar-refractivity contribution in [3.05, 3.63) is 77.9 Å². The number of ether oxygens (including phenoxy) is 6. The molecule has 1 aliphatic carbocycles. The second-order valence-electron chi connectivity index (χ2n) is 19.9. The molecule has 14 nitrogen and oxygen atoms in total. The predicted octanol–water partition coefficient (Wildman–Crippen LogP) is 7.70. The summed E-state index contributed by atoms with van der Waals surface area (Å²) in [5.74, 6) is -5.87. The molecule has 14 heteroatoms. The number of piperidine rings is 1. The van der Waals surface area contributed by atoms with Gasteiger partial charge in [-0.05, 0) is 132 Å². The second-order valence-corrected chi connectivity index (χ2v) is 19.9. The highest BCUT2D eigenvalue weighted by atomic mass is 16.7. The smallest absolute Gasteiger partial charge is 0.329 e. The molecule has 14 atom stereocenters. The molecule has 1 amide bonds. The molecule has 2 bridgehead atoms. The van der Waals surface area contributed by atoms with Gasteiger partial charge in [-0.2, -0.15) is 0 Å². The summed E-state index contributed by atoms with van der Waals surface area (Å²) in [4.78, 5) is 58.4. The molecule has 2 aromatic rings. The number of allylic oxidation sites excluding steroid dienone is 3. The van der Waals surface area contributed by atoms with E-state index in [1.54, 1.807) is 13.8 Å². The summed E-state index contributed by atoms with van der Waals surface area (Å²) < 4.78 is 36.5. The van der Waals surface area contributed by atoms with Gasteiger partial charge >= 0.3 is 5.97 Å². The van der Waals surface area contributed by atoms with E-state index in [4.69, 9.17) is 28.4 Å². The number of para-hydroxylation sites is 1. The molecule has 2 aromatic carbocycles. The SMILES string of the molecule is CCC1/C=C(\C)CC(C)CC(OC)C2OC(O)(C(=O)C(=O)N3CCCCC3C(=O)OC(C(C)=CC3CCC(Oc4ccc(Oc5ccccc5)cc4)C(O)C3)C(C)C(O)CC1=O)C(C)CC2OC. The Balaban J connectivity index is 1.25. The van der Waals surface area contributed by atoms with E-state index < -0.39 is 90.0 Å². The van der Waals surface area contributed by atoms with Gasteiger partial charge in [0.2, 0.25) is 5.79 Å². The molecule has 3 N–H and O–H groups in total. The lowest BCUT2D eigenvalue weighted by Crippen LogP contribution is -2.64. The number of benzene rings is 2. The average molecular weight is 946 g/mol. The summed E-state index contributed by atoms with van der Waals surface area (Å²) in [6.07, 6.45) is 2.82. The summed E-state index contributed by atoms with van der Waals surface area (Å²) in [7, 11) is 3.06. The van der Waals surface area contributed by atoms with Crippen molar-refractivity contribution in [3.63, 3.8) is 0 Å². The minimum Gasteiger partial charge on any atom is -0.488 e. The molecule has 2 saturated heterocycles. The number of rotatable bonds is 9. The Morgan fingerprint density at radius 1 is 0.824 bits per heavy atom. The number of aliphatic hydroxyl groups excluding tert-OH is 2. The van der Waals surface area contributed by atoms with Crippen LogP contribution >= 0.6 is 0 Å². The number of Topliss-reactive ketones (excluding diaryl/α,β-unsaturated/α-hetero) is 2. The van der Waals surface area contributed by atoms with Crippen LogP contribution in [-0.2, 0) is 38.1 Å². The molecule has 6 rings (SSSR count). The van der Waals surface area contributed by atoms with E-state index in [0.29, 0.717) is 68.4 Å². The number of fused-ring (bicyclic) bond motifs is 3. The lowest BCUT2D eigenvalue weighted by Gasteiger charge is -2.47. The van der Waals surface area contributed by atoms with Gasteiger partial charge in [-0.15, -0.1) is 0 Å². The Morgan fingerprint density at radius 3 is 2.15 bits per heavy atom. The van der Waals surface area contributed by atoms with Crippen LogP contribution in [0.2, 0.25) is 0 Å². The maximum atomic E-state index is 14.5. The van der Waals surface area contributed by atoms with Crippen molar-refractivity contribution < 1.29 is 62.9 Å². The number of hydrogen-bond donors (Lipinski definition) is 3. The van der Waals surface area contributed by atoms with Crippen LogP contribution in [0.5, 0.6) is 17.2 Å². The normalized spacial score (nSPS) is 36.1. The first-order valence-corrected chi connectivity index (χ1v) is 24.7. The molecule has 68 heavy (non-hydrogen) atoms. The van der Waals surface area contributed by atoms with Crippen molar-refractivity contribution in [2.75, 3.05) is 20.8 Å². The maximum Gasteiger partial charge on any atom is 0.329 e. The van der Waals surface area contributed by atoms with Crippen LogP contribution in [0.25, 0.3) is 0 Å². The molecule has 3 aliphatic heterocycles. The third-order valence-electron chi connectivity index (χ3n) is 14.7. The molecule has 3 fully saturated rings. The van der Waals surface area contributed by atoms with Crippen LogP contribution in [0.4, 0.5) is 0 Å². The van der Waals surface area contributed by atoms with E-state index in [1.165, 1.54) is 19.1 Å². The first kappa shape index (κ1) is 52.9. The summed E-state index contributed by atoms with van der Waals surface area (Å²) in [5, 5.41) is 35.3. The zero-order valence-electron chi connectivity index (χ0n) is 41.2. The van der Waals surface area contributed by atoms with Crippen molar-refractivity contribution in [1.82, 2.24) is 4.90 Å². The van der Waals surface area contributed by atoms with Gasteiger partial charge in [0.05, 0.1) is 24.4 Å². The zero-order chi connectivity index (χ0) is 49.3. The highest BCUT2D eigenvalue weighted by Crippen LogP contribution is 2.40. The molecule has 374 valence electrons. The topological polar surface area (TPSA) is 188 Å². The van der Waals surface area contributed by atoms with Crippen molar-refractivity contribution in [2.45, 2.75) is 167 Å². The van der Waals surface area contributed by atoms with E-state index in [9.17, 15) is 34.5 Å². The largest absolute Gasteiger partial charge is 0.488 e. The van der Waals surface area contributed by atoms with E-state index in [0.717, 1.165) is 11.3 Å². The first-order chi connectivity index (χ1) is 32.5. The van der Waals surface area contributed by atoms with Gasteiger partial charge in [0.1, 0.15) is 47.4 Å². The monoisotopic (exact) mass is 946 g/mol. The molecule has 1 saturated carbocycles. The maximum absolute atomic E-state index is 14.5. The highest BCUT2D eigenvalue weighted by Gasteiger charge is 2.56. The Bertz CT molecular complexity index is 2070. The van der Waals surface area contributed by atoms with E-state index >= 15 is 0 Å². The van der Waals surface area contributed by atoms with Crippen molar-refractivity contribution in [1.29, 1.82) is 0 Å². The molecular formula is C54H75NO13. The van der Waals surface area contributed by atoms with Gasteiger partial charge < -0.3 is 48.6 Å². The van der Waals surface area contributed by atoms with Gasteiger partial charge in [0, 0.05) is 44.9 Å². The molecule has 3 heterocycles. The fraction of sp³-hybridized carbons (Fsp3) is 0.630. The highest BCUT2D eigenvalue weighted by molar-refractivity contribution is 6.39. The number of nitrogens with zero attached hydrogens (tertiary/aromatic N) is 1. The molecule has 0 radical (unpaired) electrons. The third kappa shape index (κ3) is 12.8. The average Bonchev–Trinajstić information content (AvgIpc) is 3.33. The zero-order valence-corrected chi connectivity index (χ0v) is 41.2. The third-order valence-corrected chi connectivity index (χ3v) is 14.7. The van der Waals surface area contributed by atoms with Gasteiger partial charge in [-0.1, -0.05) is 63.6 Å². The van der Waals surface area contributed by atoms with Gasteiger partial charge in [-0.25, -0.2) is 4.79 Å². The number of esters is 1. The molecule has 4 aliphatic rings. The Morgan fingerprint density at radius 2 is 1.49 bits per heavy atom. The summed E-state index contributed by atoms with van der Waals surface area (Å²) in [6.45, 7) is 11.2. The van der Waals surface area contributed by atoms with Gasteiger partial charge in [0.25, 0.3) is 11.7 Å². The number of carbonyl (C=O) groups is 4. The van der Waals surface area contributed by atoms with E-state index in [2.05, 4.69) is 0 Å². The number of aliphatic hydroxyl groups is 3. The van der Waals surface area contributed by atoms with E-state index in [1.807, 2.05) is 94.4 Å². The first-order valence-electron chi connectivity index (χ1n) is 24.7. The van der Waals surface area contributed by atoms with Crippen molar-refractivity contribution in [3.8, 4) is 17.2 Å². The Labute approximate surface area is 402 Å². The van der Waals surface area contributed by atoms with Crippen LogP contribution in [0.15, 0.2) is 77.9 Å². The van der Waals surface area contributed by atoms with Crippen LogP contribution in [-0.4, -0.2) is 119 Å². The summed E-state index contributed by atoms with van der Waals surface area (Å²) >= 11 is 0. The van der Waals surface area contributed by atoms with Gasteiger partial charge in [-0.3, -0.25) is 14.4 Å². The van der Waals surface area contributed by atoms with Crippen LogP contribution in [0.1, 0.15) is 112 Å². The Kier molecular flexibility index (Phi) is 18.6. The lowest BCUT2D eigenvalue weighted by molar-refractivity contribution is -0.302. The van der Waals surface area contributed by atoms with Crippen LogP contribution in [0, 0.1) is 29.6 Å². The second kappa shape index (κ2) is 23.9. The fourth-order valence-corrected chi connectivity index (χ4v) is 10.7. The number of methoxy groups -OCH3 is 2. The van der Waals surface area contributed by atoms with Crippen molar-refractivity contribution >= 4 is 23.4 Å². The fourth-order valence-electron chi connectivity index (χ4n) is 10.7. The van der Waals surface area contributed by atoms with E-state index in [-0.39, 0.29) is 43.4 Å². The minimum absolute atomic E-state index is 0.0178. The standard InChI is InChI=1S/C54H75NO13/c1-9-38-26-32(2)25-33(3)27-47(63-7)50-48(64-8)29-35(5)54(62,68-50)51(59)52(60)55-24-14-13-17-42(55)53(61)67-49(36(6)43(56)31-44(38)57)34(4)28-37-18-23-46(45(58)30-37)66-41-21-19-40(20-22-41)65-39-15-11-10-12-16-39/h10-12,15-16,19-22,26,28,33,35-38,42-43,45-50,56,58,62H,9,13-14,17-18,23-25,27,29-31H2,1-8H3/b32-26+,34-28?. The quantitative estimate of drug-likeness (QED) is 0.126.